The van der Waals surface area contributed by atoms with Crippen LogP contribution in [0.3, 0.4) is 0 Å². The van der Waals surface area contributed by atoms with E-state index in [-0.39, 0.29) is 0 Å². The lowest BCUT2D eigenvalue weighted by atomic mass is 10.1. The average molecular weight is 270 g/mol. The molecule has 2 heterocycles. The Morgan fingerprint density at radius 2 is 2.07 bits per heavy atom. The highest BCUT2D eigenvalue weighted by Crippen LogP contribution is 2.19. The fraction of sp³-hybridized carbons (Fsp3) is 0.545. The van der Waals surface area contributed by atoms with Crippen molar-refractivity contribution in [1.29, 1.82) is 0 Å². The molecule has 1 aromatic heterocycles. The van der Waals surface area contributed by atoms with Crippen molar-refractivity contribution >= 4 is 21.7 Å². The van der Waals surface area contributed by atoms with Gasteiger partial charge in [-0.15, -0.1) is 0 Å². The van der Waals surface area contributed by atoms with Crippen molar-refractivity contribution in [3.05, 3.63) is 22.3 Å². The van der Waals surface area contributed by atoms with Crippen LogP contribution < -0.4 is 5.73 Å². The number of nitrogens with two attached hydrogens (primary N) is 1. The fourth-order valence-corrected chi connectivity index (χ4v) is 2.36. The lowest BCUT2D eigenvalue weighted by molar-refractivity contribution is 0.221. The Hall–Kier alpha value is -0.610. The van der Waals surface area contributed by atoms with Crippen LogP contribution in [0.4, 0.5) is 5.82 Å². The first-order valence-corrected chi connectivity index (χ1v) is 6.17. The number of nitrogen functional groups attached to an aromatic ring is 1. The molecule has 0 radical (unpaired) electrons. The van der Waals surface area contributed by atoms with E-state index in [4.69, 9.17) is 5.73 Å². The summed E-state index contributed by atoms with van der Waals surface area (Å²) in [7, 11) is 0. The minimum atomic E-state index is 0.656. The molecule has 0 unspecified atom stereocenters. The zero-order valence-corrected chi connectivity index (χ0v) is 10.3. The van der Waals surface area contributed by atoms with E-state index in [0.29, 0.717) is 5.82 Å². The van der Waals surface area contributed by atoms with Crippen molar-refractivity contribution in [2.45, 2.75) is 25.8 Å². The predicted octanol–water partition coefficient (Wildman–Crippen LogP) is 2.41. The first kappa shape index (κ1) is 10.9. The summed E-state index contributed by atoms with van der Waals surface area (Å²) in [5.41, 5.74) is 6.98. The number of aromatic nitrogens is 1. The second-order valence-corrected chi connectivity index (χ2v) is 4.95. The molecule has 15 heavy (non-hydrogen) atoms. The molecule has 2 rings (SSSR count). The number of halogens is 1. The van der Waals surface area contributed by atoms with Crippen LogP contribution in [-0.4, -0.2) is 23.0 Å². The molecular weight excluding hydrogens is 254 g/mol. The monoisotopic (exact) mass is 269 g/mol. The van der Waals surface area contributed by atoms with Crippen LogP contribution in [0, 0.1) is 0 Å². The average Bonchev–Trinajstić information content (AvgIpc) is 2.25. The summed E-state index contributed by atoms with van der Waals surface area (Å²) in [6, 6.07) is 2.07. The van der Waals surface area contributed by atoms with Crippen molar-refractivity contribution in [3.8, 4) is 0 Å². The molecule has 0 amide bonds. The van der Waals surface area contributed by atoms with Crippen molar-refractivity contribution in [2.75, 3.05) is 18.8 Å². The molecular formula is C11H16BrN3. The highest BCUT2D eigenvalue weighted by molar-refractivity contribution is 9.10. The number of piperidine rings is 1. The van der Waals surface area contributed by atoms with E-state index in [0.717, 1.165) is 16.6 Å². The maximum absolute atomic E-state index is 5.85. The van der Waals surface area contributed by atoms with Crippen LogP contribution >= 0.6 is 15.9 Å². The van der Waals surface area contributed by atoms with Gasteiger partial charge >= 0.3 is 0 Å². The second-order valence-electron chi connectivity index (χ2n) is 4.03. The number of hydrogen-bond donors (Lipinski definition) is 1. The van der Waals surface area contributed by atoms with Crippen LogP contribution in [0.5, 0.6) is 0 Å². The Labute approximate surface area is 98.8 Å². The standard InChI is InChI=1S/C11H16BrN3/c12-10-6-9(11(13)14-7-10)8-15-4-2-1-3-5-15/h6-7H,1-5,8H2,(H2,13,14). The van der Waals surface area contributed by atoms with Gasteiger partial charge in [-0.25, -0.2) is 4.98 Å². The van der Waals surface area contributed by atoms with Gasteiger partial charge in [0, 0.05) is 22.8 Å². The van der Waals surface area contributed by atoms with E-state index in [1.165, 1.54) is 32.4 Å². The Morgan fingerprint density at radius 1 is 1.33 bits per heavy atom. The number of likely N-dealkylation sites (tertiary alicyclic amines) is 1. The van der Waals surface area contributed by atoms with Gasteiger partial charge in [0.1, 0.15) is 5.82 Å². The van der Waals surface area contributed by atoms with Crippen molar-refractivity contribution < 1.29 is 0 Å². The molecule has 0 spiro atoms. The lowest BCUT2D eigenvalue weighted by Crippen LogP contribution is -2.29. The molecule has 0 aliphatic carbocycles. The molecule has 82 valence electrons. The Kier molecular flexibility index (Phi) is 3.59. The molecule has 1 aromatic rings. The van der Waals surface area contributed by atoms with Gasteiger partial charge in [0.2, 0.25) is 0 Å². The molecule has 0 atom stereocenters. The molecule has 0 bridgehead atoms. The van der Waals surface area contributed by atoms with E-state index in [9.17, 15) is 0 Å². The zero-order chi connectivity index (χ0) is 10.7. The van der Waals surface area contributed by atoms with Gasteiger partial charge < -0.3 is 5.73 Å². The van der Waals surface area contributed by atoms with E-state index in [2.05, 4.69) is 31.9 Å². The Bertz CT molecular complexity index is 335. The minimum absolute atomic E-state index is 0.656. The number of nitrogens with zero attached hydrogens (tertiary/aromatic N) is 2. The first-order chi connectivity index (χ1) is 7.25. The number of rotatable bonds is 2. The summed E-state index contributed by atoms with van der Waals surface area (Å²) in [5, 5.41) is 0. The van der Waals surface area contributed by atoms with Gasteiger partial charge in [0.15, 0.2) is 0 Å². The van der Waals surface area contributed by atoms with Crippen molar-refractivity contribution in [3.63, 3.8) is 0 Å². The second kappa shape index (κ2) is 4.94. The van der Waals surface area contributed by atoms with Gasteiger partial charge in [-0.05, 0) is 47.9 Å². The van der Waals surface area contributed by atoms with Crippen LogP contribution in [0.15, 0.2) is 16.7 Å². The molecule has 0 aromatic carbocycles. The van der Waals surface area contributed by atoms with Crippen LogP contribution in [0.2, 0.25) is 0 Å². The number of anilines is 1. The van der Waals surface area contributed by atoms with E-state index in [1.54, 1.807) is 6.20 Å². The van der Waals surface area contributed by atoms with E-state index < -0.39 is 0 Å². The van der Waals surface area contributed by atoms with Crippen LogP contribution in [0.1, 0.15) is 24.8 Å². The summed E-state index contributed by atoms with van der Waals surface area (Å²) < 4.78 is 1.00. The number of pyridine rings is 1. The smallest absolute Gasteiger partial charge is 0.127 e. The van der Waals surface area contributed by atoms with E-state index >= 15 is 0 Å². The number of hydrogen-bond acceptors (Lipinski definition) is 3. The summed E-state index contributed by atoms with van der Waals surface area (Å²) >= 11 is 3.42. The molecule has 1 saturated heterocycles. The fourth-order valence-electron chi connectivity index (χ4n) is 1.98. The van der Waals surface area contributed by atoms with Gasteiger partial charge in [0.25, 0.3) is 0 Å². The summed E-state index contributed by atoms with van der Waals surface area (Å²) in [6.07, 6.45) is 5.72. The highest BCUT2D eigenvalue weighted by atomic mass is 79.9. The molecule has 0 saturated carbocycles. The van der Waals surface area contributed by atoms with Gasteiger partial charge in [-0.3, -0.25) is 4.90 Å². The molecule has 1 fully saturated rings. The molecule has 3 nitrogen and oxygen atoms in total. The predicted molar refractivity (Wildman–Crippen MR) is 65.5 cm³/mol. The topological polar surface area (TPSA) is 42.1 Å². The quantitative estimate of drug-likeness (QED) is 0.897. The lowest BCUT2D eigenvalue weighted by Gasteiger charge is -2.26. The summed E-state index contributed by atoms with van der Waals surface area (Å²) in [5.74, 6) is 0.656. The molecule has 1 aliphatic rings. The highest BCUT2D eigenvalue weighted by Gasteiger charge is 2.12. The maximum Gasteiger partial charge on any atom is 0.127 e. The van der Waals surface area contributed by atoms with Crippen molar-refractivity contribution in [1.82, 2.24) is 9.88 Å². The van der Waals surface area contributed by atoms with E-state index in [1.807, 2.05) is 0 Å². The molecule has 2 N–H and O–H groups in total. The van der Waals surface area contributed by atoms with Crippen LogP contribution in [0.25, 0.3) is 0 Å². The van der Waals surface area contributed by atoms with Gasteiger partial charge in [-0.2, -0.15) is 0 Å². The molecule has 1 aliphatic heterocycles. The zero-order valence-electron chi connectivity index (χ0n) is 8.75. The maximum atomic E-state index is 5.85. The minimum Gasteiger partial charge on any atom is -0.383 e. The molecule has 4 heteroatoms. The third-order valence-electron chi connectivity index (χ3n) is 2.81. The van der Waals surface area contributed by atoms with Gasteiger partial charge in [-0.1, -0.05) is 6.42 Å². The summed E-state index contributed by atoms with van der Waals surface area (Å²) in [4.78, 5) is 6.60. The SMILES string of the molecule is Nc1ncc(Br)cc1CN1CCCCC1. The normalized spacial score (nSPS) is 17.9. The third kappa shape index (κ3) is 2.92. The third-order valence-corrected chi connectivity index (χ3v) is 3.24. The Morgan fingerprint density at radius 3 is 2.80 bits per heavy atom. The van der Waals surface area contributed by atoms with Crippen molar-refractivity contribution in [2.24, 2.45) is 0 Å². The largest absolute Gasteiger partial charge is 0.383 e. The van der Waals surface area contributed by atoms with Gasteiger partial charge in [0.05, 0.1) is 0 Å². The summed E-state index contributed by atoms with van der Waals surface area (Å²) in [6.45, 7) is 3.30. The first-order valence-electron chi connectivity index (χ1n) is 5.38. The Balaban J connectivity index is 2.05. The van der Waals surface area contributed by atoms with Crippen LogP contribution in [-0.2, 0) is 6.54 Å².